The summed E-state index contributed by atoms with van der Waals surface area (Å²) in [6.07, 6.45) is 3.50. The quantitative estimate of drug-likeness (QED) is 0.250. The minimum Gasteiger partial charge on any atom is -0.328 e. The number of pyridine rings is 1. The van der Waals surface area contributed by atoms with Crippen LogP contribution in [0.1, 0.15) is 41.3 Å². The van der Waals surface area contributed by atoms with Gasteiger partial charge in [0.1, 0.15) is 34.5 Å². The molecule has 2 amide bonds. The van der Waals surface area contributed by atoms with E-state index in [2.05, 4.69) is 48.2 Å². The lowest BCUT2D eigenvalue weighted by molar-refractivity contribution is -0.138. The van der Waals surface area contributed by atoms with Crippen molar-refractivity contribution in [3.63, 3.8) is 0 Å². The van der Waals surface area contributed by atoms with Gasteiger partial charge in [-0.1, -0.05) is 13.0 Å². The molecule has 0 bridgehead atoms. The van der Waals surface area contributed by atoms with Crippen molar-refractivity contribution in [1.82, 2.24) is 29.6 Å². The number of nitrogens with zero attached hydrogens (tertiary/aromatic N) is 6. The number of amides is 2. The van der Waals surface area contributed by atoms with Crippen molar-refractivity contribution < 1.29 is 14.4 Å². The number of rotatable bonds is 6. The average molecular weight is 617 g/mol. The standard InChI is InChI=1S/C30H30BrN7O3/c1-14-6-7-23(31)34-29(14)35-30(41)28-25-16(3)22(25)12-37(28)24(40)13-38-27-15(2)8-19(20-10-32-18(5)33-11-20)9-21(27)26(36-38)17(4)39/h6-11,16,22,25,28H,12-13H2,1-5H3,(H,34,35,41)/t16?,22?,25?,28-/m0/s1. The Labute approximate surface area is 245 Å². The van der Waals surface area contributed by atoms with Gasteiger partial charge in [0, 0.05) is 36.8 Å². The number of benzene rings is 1. The zero-order chi connectivity index (χ0) is 29.2. The number of hydrogen-bond acceptors (Lipinski definition) is 7. The molecule has 11 heteroatoms. The second-order valence-corrected chi connectivity index (χ2v) is 12.0. The Morgan fingerprint density at radius 3 is 2.49 bits per heavy atom. The molecule has 6 rings (SSSR count). The molecule has 3 unspecified atom stereocenters. The van der Waals surface area contributed by atoms with Crippen molar-refractivity contribution in [3.05, 3.63) is 63.9 Å². The molecule has 4 atom stereocenters. The molecular weight excluding hydrogens is 586 g/mol. The Hall–Kier alpha value is -3.99. The van der Waals surface area contributed by atoms with Crippen molar-refractivity contribution in [2.24, 2.45) is 17.8 Å². The van der Waals surface area contributed by atoms with Gasteiger partial charge in [0.2, 0.25) is 11.8 Å². The average Bonchev–Trinajstić information content (AvgIpc) is 3.25. The molecule has 4 heterocycles. The number of hydrogen-bond donors (Lipinski definition) is 1. The van der Waals surface area contributed by atoms with E-state index in [9.17, 15) is 14.4 Å². The smallest absolute Gasteiger partial charge is 0.248 e. The third kappa shape index (κ3) is 4.81. The fourth-order valence-corrected chi connectivity index (χ4v) is 6.47. The van der Waals surface area contributed by atoms with Crippen LogP contribution in [-0.4, -0.2) is 59.8 Å². The monoisotopic (exact) mass is 615 g/mol. The highest BCUT2D eigenvalue weighted by molar-refractivity contribution is 9.10. The third-order valence-electron chi connectivity index (χ3n) is 8.40. The van der Waals surface area contributed by atoms with Crippen LogP contribution in [0.25, 0.3) is 22.0 Å². The molecule has 0 radical (unpaired) electrons. The number of carbonyl (C=O) groups is 3. The zero-order valence-corrected chi connectivity index (χ0v) is 25.1. The molecule has 1 aliphatic carbocycles. The van der Waals surface area contributed by atoms with Gasteiger partial charge in [0.25, 0.3) is 0 Å². The highest BCUT2D eigenvalue weighted by Crippen LogP contribution is 2.55. The summed E-state index contributed by atoms with van der Waals surface area (Å²) in [6, 6.07) is 6.99. The number of nitrogens with one attached hydrogen (secondary N) is 1. The number of aryl methyl sites for hydroxylation is 3. The molecular formula is C30H30BrN7O3. The van der Waals surface area contributed by atoms with E-state index in [1.54, 1.807) is 22.0 Å². The largest absolute Gasteiger partial charge is 0.328 e. The number of Topliss-reactive ketones (excluding diaryl/α,β-unsaturated/α-hetero) is 1. The summed E-state index contributed by atoms with van der Waals surface area (Å²) in [5.74, 6) is 1.27. The van der Waals surface area contributed by atoms with Crippen molar-refractivity contribution in [2.45, 2.75) is 47.2 Å². The lowest BCUT2D eigenvalue weighted by Crippen LogP contribution is -2.48. The summed E-state index contributed by atoms with van der Waals surface area (Å²) in [5.41, 5.74) is 4.42. The van der Waals surface area contributed by atoms with E-state index in [1.165, 1.54) is 6.92 Å². The molecule has 1 saturated carbocycles. The predicted molar refractivity (Wildman–Crippen MR) is 157 cm³/mol. The number of halogens is 1. The number of aromatic nitrogens is 5. The minimum absolute atomic E-state index is 0.0800. The van der Waals surface area contributed by atoms with Gasteiger partial charge < -0.3 is 10.2 Å². The van der Waals surface area contributed by atoms with Crippen LogP contribution < -0.4 is 5.32 Å². The van der Waals surface area contributed by atoms with Crippen LogP contribution in [0.4, 0.5) is 5.82 Å². The number of piperidine rings is 1. The Kier molecular flexibility index (Phi) is 6.72. The second-order valence-electron chi connectivity index (χ2n) is 11.2. The van der Waals surface area contributed by atoms with Crippen LogP contribution in [0, 0.1) is 38.5 Å². The molecule has 2 aliphatic rings. The Morgan fingerprint density at radius 2 is 1.78 bits per heavy atom. The third-order valence-corrected chi connectivity index (χ3v) is 8.85. The number of carbonyl (C=O) groups excluding carboxylic acids is 3. The first-order valence-electron chi connectivity index (χ1n) is 13.6. The van der Waals surface area contributed by atoms with E-state index in [1.807, 2.05) is 45.0 Å². The van der Waals surface area contributed by atoms with Gasteiger partial charge in [-0.3, -0.25) is 19.1 Å². The van der Waals surface area contributed by atoms with Gasteiger partial charge in [-0.25, -0.2) is 15.0 Å². The van der Waals surface area contributed by atoms with E-state index in [4.69, 9.17) is 0 Å². The van der Waals surface area contributed by atoms with Gasteiger partial charge in [0.05, 0.1) is 5.52 Å². The van der Waals surface area contributed by atoms with Crippen LogP contribution >= 0.6 is 15.9 Å². The van der Waals surface area contributed by atoms with E-state index in [0.29, 0.717) is 45.3 Å². The number of fused-ring (bicyclic) bond motifs is 2. The number of ketones is 1. The van der Waals surface area contributed by atoms with Gasteiger partial charge in [0.15, 0.2) is 5.78 Å². The van der Waals surface area contributed by atoms with Crippen molar-refractivity contribution >= 4 is 50.2 Å². The van der Waals surface area contributed by atoms with Crippen molar-refractivity contribution in [3.8, 4) is 11.1 Å². The molecule has 210 valence electrons. The fourth-order valence-electron chi connectivity index (χ4n) is 6.16. The SMILES string of the molecule is CC(=O)c1nn(CC(=O)N2CC3C(C)C3[C@H]2C(=O)Nc2nc(Br)ccc2C)c2c(C)cc(-c3cnc(C)nc3)cc12. The molecule has 10 nitrogen and oxygen atoms in total. The van der Waals surface area contributed by atoms with Crippen LogP contribution in [0.15, 0.2) is 41.3 Å². The first-order chi connectivity index (χ1) is 19.5. The summed E-state index contributed by atoms with van der Waals surface area (Å²) in [5, 5.41) is 8.21. The highest BCUT2D eigenvalue weighted by atomic mass is 79.9. The van der Waals surface area contributed by atoms with Gasteiger partial charge in [-0.2, -0.15) is 5.10 Å². The van der Waals surface area contributed by atoms with Gasteiger partial charge >= 0.3 is 0 Å². The normalized spacial score (nSPS) is 21.2. The maximum atomic E-state index is 13.8. The molecule has 4 aromatic rings. The molecule has 0 spiro atoms. The first-order valence-corrected chi connectivity index (χ1v) is 14.4. The highest BCUT2D eigenvalue weighted by Gasteiger charge is 2.62. The van der Waals surface area contributed by atoms with Crippen LogP contribution in [0.2, 0.25) is 0 Å². The minimum atomic E-state index is -0.592. The lowest BCUT2D eigenvalue weighted by Gasteiger charge is -2.28. The predicted octanol–water partition coefficient (Wildman–Crippen LogP) is 4.51. The Bertz CT molecular complexity index is 1730. The van der Waals surface area contributed by atoms with E-state index in [0.717, 1.165) is 22.3 Å². The van der Waals surface area contributed by atoms with Crippen LogP contribution in [-0.2, 0) is 16.1 Å². The molecule has 1 N–H and O–H groups in total. The van der Waals surface area contributed by atoms with E-state index in [-0.39, 0.29) is 36.0 Å². The zero-order valence-electron chi connectivity index (χ0n) is 23.5. The maximum absolute atomic E-state index is 13.8. The fraction of sp³-hybridized carbons (Fsp3) is 0.367. The Balaban J connectivity index is 1.31. The van der Waals surface area contributed by atoms with Gasteiger partial charge in [-0.15, -0.1) is 0 Å². The first kappa shape index (κ1) is 27.2. The number of anilines is 1. The summed E-state index contributed by atoms with van der Waals surface area (Å²) in [6.45, 7) is 9.67. The summed E-state index contributed by atoms with van der Waals surface area (Å²) in [4.78, 5) is 54.6. The lowest BCUT2D eigenvalue weighted by atomic mass is 10.0. The Morgan fingerprint density at radius 1 is 1.05 bits per heavy atom. The second kappa shape index (κ2) is 10.1. The van der Waals surface area contributed by atoms with Crippen LogP contribution in [0.5, 0.6) is 0 Å². The summed E-state index contributed by atoms with van der Waals surface area (Å²) >= 11 is 3.36. The molecule has 41 heavy (non-hydrogen) atoms. The molecule has 1 aliphatic heterocycles. The molecule has 2 fully saturated rings. The van der Waals surface area contributed by atoms with Gasteiger partial charge in [-0.05, 0) is 89.3 Å². The van der Waals surface area contributed by atoms with E-state index >= 15 is 0 Å². The van der Waals surface area contributed by atoms with Crippen molar-refractivity contribution in [1.29, 1.82) is 0 Å². The molecule has 1 saturated heterocycles. The molecule has 1 aromatic carbocycles. The molecule has 3 aromatic heterocycles. The summed E-state index contributed by atoms with van der Waals surface area (Å²) in [7, 11) is 0. The topological polar surface area (TPSA) is 123 Å². The summed E-state index contributed by atoms with van der Waals surface area (Å²) < 4.78 is 2.22. The number of likely N-dealkylation sites (tertiary alicyclic amines) is 1. The van der Waals surface area contributed by atoms with Crippen LogP contribution in [0.3, 0.4) is 0 Å². The van der Waals surface area contributed by atoms with E-state index < -0.39 is 6.04 Å². The maximum Gasteiger partial charge on any atom is 0.248 e. The van der Waals surface area contributed by atoms with Crippen molar-refractivity contribution in [2.75, 3.05) is 11.9 Å².